The number of benzene rings is 1. The van der Waals surface area contributed by atoms with Gasteiger partial charge in [-0.25, -0.2) is 5.01 Å². The normalized spacial score (nSPS) is 23.1. The summed E-state index contributed by atoms with van der Waals surface area (Å²) in [4.78, 5) is 5.01. The smallest absolute Gasteiger partial charge is 0.161 e. The molecule has 0 bridgehead atoms. The van der Waals surface area contributed by atoms with Crippen molar-refractivity contribution in [3.05, 3.63) is 29.5 Å². The number of fused-ring (bicyclic) bond motifs is 1. The molecule has 140 valence electrons. The van der Waals surface area contributed by atoms with Gasteiger partial charge < -0.3 is 20.2 Å². The predicted molar refractivity (Wildman–Crippen MR) is 103 cm³/mol. The van der Waals surface area contributed by atoms with Crippen LogP contribution in [0.15, 0.2) is 28.9 Å². The zero-order valence-electron chi connectivity index (χ0n) is 16.2. The molecular weight excluding hydrogens is 328 g/mol. The molecule has 1 saturated carbocycles. The van der Waals surface area contributed by atoms with Crippen LogP contribution in [0, 0.1) is 5.92 Å². The van der Waals surface area contributed by atoms with Gasteiger partial charge in [-0.1, -0.05) is 0 Å². The number of ether oxygens (including phenoxy) is 2. The monoisotopic (exact) mass is 356 g/mol. The van der Waals surface area contributed by atoms with Crippen LogP contribution in [0.2, 0.25) is 0 Å². The minimum atomic E-state index is 0.0301. The van der Waals surface area contributed by atoms with Crippen LogP contribution in [0.5, 0.6) is 11.5 Å². The van der Waals surface area contributed by atoms with Gasteiger partial charge >= 0.3 is 0 Å². The quantitative estimate of drug-likeness (QED) is 0.869. The highest BCUT2D eigenvalue weighted by molar-refractivity contribution is 5.96. The number of nitrogens with one attached hydrogen (secondary N) is 2. The molecule has 0 aromatic heterocycles. The largest absolute Gasteiger partial charge is 0.493 e. The number of hydrogen-bond donors (Lipinski definition) is 2. The van der Waals surface area contributed by atoms with Crippen LogP contribution >= 0.6 is 0 Å². The maximum atomic E-state index is 5.50. The van der Waals surface area contributed by atoms with Crippen LogP contribution in [0.1, 0.15) is 39.2 Å². The Bertz CT molecular complexity index is 775. The fraction of sp³-hybridized carbons (Fsp3) is 0.550. The number of nitrogens with zero attached hydrogens (tertiary/aromatic N) is 2. The first-order valence-electron chi connectivity index (χ1n) is 9.26. The molecule has 2 heterocycles. The van der Waals surface area contributed by atoms with E-state index >= 15 is 0 Å². The molecule has 6 heteroatoms. The third-order valence-corrected chi connectivity index (χ3v) is 5.21. The van der Waals surface area contributed by atoms with E-state index in [9.17, 15) is 0 Å². The molecule has 1 saturated heterocycles. The Kier molecular flexibility index (Phi) is 4.10. The SMILES string of the molecule is COc1ccc(C2=C3NN(C(C)(C)C)CC3N=C(C3CC3)N2)cc1OC. The molecule has 2 N–H and O–H groups in total. The lowest BCUT2D eigenvalue weighted by Crippen LogP contribution is -2.45. The topological polar surface area (TPSA) is 58.1 Å². The second-order valence-corrected chi connectivity index (χ2v) is 8.18. The summed E-state index contributed by atoms with van der Waals surface area (Å²) in [5, 5.41) is 5.88. The van der Waals surface area contributed by atoms with E-state index in [4.69, 9.17) is 14.5 Å². The minimum Gasteiger partial charge on any atom is -0.493 e. The van der Waals surface area contributed by atoms with Gasteiger partial charge in [0.15, 0.2) is 11.5 Å². The van der Waals surface area contributed by atoms with Crippen molar-refractivity contribution in [2.75, 3.05) is 20.8 Å². The molecule has 2 aliphatic heterocycles. The highest BCUT2D eigenvalue weighted by atomic mass is 16.5. The lowest BCUT2D eigenvalue weighted by molar-refractivity contribution is 0.120. The number of amidine groups is 1. The van der Waals surface area contributed by atoms with Crippen LogP contribution in [0.3, 0.4) is 0 Å². The average molecular weight is 356 g/mol. The van der Waals surface area contributed by atoms with E-state index in [1.807, 2.05) is 12.1 Å². The van der Waals surface area contributed by atoms with Crippen molar-refractivity contribution in [2.24, 2.45) is 10.9 Å². The Hall–Kier alpha value is -2.21. The molecule has 1 aromatic rings. The predicted octanol–water partition coefficient (Wildman–Crippen LogP) is 2.77. The highest BCUT2D eigenvalue weighted by Crippen LogP contribution is 2.38. The van der Waals surface area contributed by atoms with Gasteiger partial charge in [0.2, 0.25) is 0 Å². The molecule has 0 spiro atoms. The summed E-state index contributed by atoms with van der Waals surface area (Å²) in [6.07, 6.45) is 2.45. The van der Waals surface area contributed by atoms with Gasteiger partial charge in [0.1, 0.15) is 11.9 Å². The molecule has 26 heavy (non-hydrogen) atoms. The summed E-state index contributed by atoms with van der Waals surface area (Å²) >= 11 is 0. The fourth-order valence-corrected chi connectivity index (χ4v) is 3.48. The summed E-state index contributed by atoms with van der Waals surface area (Å²) in [7, 11) is 3.33. The molecule has 0 amide bonds. The average Bonchev–Trinajstić information content (AvgIpc) is 3.37. The Morgan fingerprint density at radius 2 is 1.85 bits per heavy atom. The second-order valence-electron chi connectivity index (χ2n) is 8.18. The maximum Gasteiger partial charge on any atom is 0.161 e. The first kappa shape index (κ1) is 17.2. The van der Waals surface area contributed by atoms with E-state index < -0.39 is 0 Å². The summed E-state index contributed by atoms with van der Waals surface area (Å²) in [5.74, 6) is 3.18. The molecular formula is C20H28N4O2. The third kappa shape index (κ3) is 3.03. The van der Waals surface area contributed by atoms with Gasteiger partial charge in [-0.05, 0) is 51.8 Å². The molecule has 1 aromatic carbocycles. The summed E-state index contributed by atoms with van der Waals surface area (Å²) in [6.45, 7) is 7.53. The van der Waals surface area contributed by atoms with Gasteiger partial charge in [-0.2, -0.15) is 0 Å². The minimum absolute atomic E-state index is 0.0301. The van der Waals surface area contributed by atoms with Crippen molar-refractivity contribution in [1.29, 1.82) is 0 Å². The number of rotatable bonds is 4. The maximum absolute atomic E-state index is 5.50. The Morgan fingerprint density at radius 3 is 2.46 bits per heavy atom. The molecule has 0 radical (unpaired) electrons. The number of hydrazine groups is 1. The first-order chi connectivity index (χ1) is 12.4. The molecule has 2 fully saturated rings. The van der Waals surface area contributed by atoms with Gasteiger partial charge in [-0.3, -0.25) is 4.99 Å². The first-order valence-corrected chi connectivity index (χ1v) is 9.26. The van der Waals surface area contributed by atoms with E-state index in [1.54, 1.807) is 14.2 Å². The van der Waals surface area contributed by atoms with Crippen LogP contribution in [-0.2, 0) is 0 Å². The van der Waals surface area contributed by atoms with Crippen LogP contribution in [0.25, 0.3) is 5.70 Å². The lowest BCUT2D eigenvalue weighted by atomic mass is 10.0. The standard InChI is InChI=1S/C20H28N4O2/c1-20(2,3)24-11-14-18(23-24)17(22-19(21-14)12-6-7-12)13-8-9-15(25-4)16(10-13)26-5/h8-10,12,14,23H,6-7,11H2,1-5H3,(H,21,22). The van der Waals surface area contributed by atoms with Crippen LogP contribution in [0.4, 0.5) is 0 Å². The van der Waals surface area contributed by atoms with E-state index in [2.05, 4.69) is 42.6 Å². The van der Waals surface area contributed by atoms with Crippen molar-refractivity contribution in [1.82, 2.24) is 15.8 Å². The van der Waals surface area contributed by atoms with Crippen molar-refractivity contribution in [2.45, 2.75) is 45.2 Å². The highest BCUT2D eigenvalue weighted by Gasteiger charge is 2.40. The third-order valence-electron chi connectivity index (χ3n) is 5.21. The van der Waals surface area contributed by atoms with Crippen molar-refractivity contribution >= 4 is 11.5 Å². The van der Waals surface area contributed by atoms with E-state index in [0.29, 0.717) is 5.92 Å². The zero-order valence-corrected chi connectivity index (χ0v) is 16.2. The fourth-order valence-electron chi connectivity index (χ4n) is 3.48. The Morgan fingerprint density at radius 1 is 1.12 bits per heavy atom. The Balaban J connectivity index is 1.75. The van der Waals surface area contributed by atoms with Crippen molar-refractivity contribution in [3.8, 4) is 11.5 Å². The summed E-state index contributed by atoms with van der Waals surface area (Å²) < 4.78 is 10.9. The lowest BCUT2D eigenvalue weighted by Gasteiger charge is -2.31. The van der Waals surface area contributed by atoms with Gasteiger partial charge in [0.05, 0.1) is 25.6 Å². The molecule has 1 aliphatic carbocycles. The summed E-state index contributed by atoms with van der Waals surface area (Å²) in [5.41, 5.74) is 6.94. The van der Waals surface area contributed by atoms with Gasteiger partial charge in [0, 0.05) is 23.6 Å². The number of hydrogen-bond acceptors (Lipinski definition) is 6. The molecule has 1 atom stereocenters. The number of aliphatic imine (C=N–C) groups is 1. The Labute approximate surface area is 155 Å². The van der Waals surface area contributed by atoms with Gasteiger partial charge in [0.25, 0.3) is 0 Å². The number of methoxy groups -OCH3 is 2. The van der Waals surface area contributed by atoms with Crippen LogP contribution in [-0.4, -0.2) is 43.2 Å². The van der Waals surface area contributed by atoms with E-state index in [-0.39, 0.29) is 11.6 Å². The van der Waals surface area contributed by atoms with Crippen molar-refractivity contribution < 1.29 is 9.47 Å². The molecule has 1 unspecified atom stereocenters. The van der Waals surface area contributed by atoms with Crippen LogP contribution < -0.4 is 20.2 Å². The second kappa shape index (κ2) is 6.20. The van der Waals surface area contributed by atoms with Gasteiger partial charge in [-0.15, -0.1) is 0 Å². The van der Waals surface area contributed by atoms with Crippen molar-refractivity contribution in [3.63, 3.8) is 0 Å². The summed E-state index contributed by atoms with van der Waals surface area (Å²) in [6, 6.07) is 6.21. The van der Waals surface area contributed by atoms with E-state index in [0.717, 1.165) is 40.8 Å². The van der Waals surface area contributed by atoms with E-state index in [1.165, 1.54) is 12.8 Å². The molecule has 3 aliphatic rings. The zero-order chi connectivity index (χ0) is 18.5. The molecule has 6 nitrogen and oxygen atoms in total. The molecule has 4 rings (SSSR count).